The van der Waals surface area contributed by atoms with Crippen LogP contribution in [-0.2, 0) is 6.42 Å². The number of hydrogen-bond donors (Lipinski definition) is 0. The average molecular weight is 290 g/mol. The molecular formula is C17H13F3O. The molecule has 0 aliphatic heterocycles. The summed E-state index contributed by atoms with van der Waals surface area (Å²) in [6.45, 7) is 1.93. The first-order chi connectivity index (χ1) is 9.88. The molecule has 3 rings (SSSR count). The zero-order chi connectivity index (χ0) is 15.2. The molecule has 0 spiro atoms. The number of fused-ring (bicyclic) bond motifs is 1. The number of carbonyl (C=O) groups excluding carboxylic acids is 1. The highest BCUT2D eigenvalue weighted by Gasteiger charge is 2.49. The van der Waals surface area contributed by atoms with Crippen LogP contribution in [0.5, 0.6) is 0 Å². The van der Waals surface area contributed by atoms with E-state index >= 15 is 0 Å². The summed E-state index contributed by atoms with van der Waals surface area (Å²) in [6, 6.07) is 12.5. The van der Waals surface area contributed by atoms with E-state index in [4.69, 9.17) is 0 Å². The molecule has 0 radical (unpaired) electrons. The van der Waals surface area contributed by atoms with E-state index in [1.54, 1.807) is 18.2 Å². The summed E-state index contributed by atoms with van der Waals surface area (Å²) < 4.78 is 38.8. The summed E-state index contributed by atoms with van der Waals surface area (Å²) in [5.41, 5.74) is 3.13. The van der Waals surface area contributed by atoms with Crippen LogP contribution in [0, 0.1) is 12.8 Å². The van der Waals surface area contributed by atoms with Gasteiger partial charge in [-0.3, -0.25) is 4.79 Å². The van der Waals surface area contributed by atoms with Gasteiger partial charge in [-0.05, 0) is 30.0 Å². The van der Waals surface area contributed by atoms with Crippen molar-refractivity contribution in [3.63, 3.8) is 0 Å². The molecule has 1 atom stereocenters. The van der Waals surface area contributed by atoms with Crippen molar-refractivity contribution in [2.45, 2.75) is 19.5 Å². The second-order valence-corrected chi connectivity index (χ2v) is 5.37. The van der Waals surface area contributed by atoms with Gasteiger partial charge in [-0.15, -0.1) is 0 Å². The molecule has 0 fully saturated rings. The zero-order valence-electron chi connectivity index (χ0n) is 11.4. The Kier molecular flexibility index (Phi) is 3.12. The number of Topliss-reactive ketones (excluding diaryl/α,β-unsaturated/α-hetero) is 1. The predicted octanol–water partition coefficient (Wildman–Crippen LogP) is 4.58. The van der Waals surface area contributed by atoms with Gasteiger partial charge in [-0.1, -0.05) is 48.0 Å². The van der Waals surface area contributed by atoms with E-state index in [9.17, 15) is 18.0 Å². The molecule has 21 heavy (non-hydrogen) atoms. The van der Waals surface area contributed by atoms with E-state index in [0.717, 1.165) is 11.1 Å². The molecule has 2 aromatic rings. The second-order valence-electron chi connectivity index (χ2n) is 5.37. The molecule has 0 saturated carbocycles. The van der Waals surface area contributed by atoms with Crippen LogP contribution in [0.25, 0.3) is 11.1 Å². The second kappa shape index (κ2) is 4.72. The molecule has 1 unspecified atom stereocenters. The largest absolute Gasteiger partial charge is 0.399 e. The Bertz CT molecular complexity index is 699. The van der Waals surface area contributed by atoms with Crippen molar-refractivity contribution in [2.75, 3.05) is 0 Å². The Balaban J connectivity index is 2.11. The molecule has 0 heterocycles. The number of carbonyl (C=O) groups is 1. The molecule has 0 bridgehead atoms. The van der Waals surface area contributed by atoms with Crippen LogP contribution in [0.15, 0.2) is 42.5 Å². The summed E-state index contributed by atoms with van der Waals surface area (Å²) in [5.74, 6) is -2.72. The van der Waals surface area contributed by atoms with Gasteiger partial charge in [0, 0.05) is 5.56 Å². The molecule has 2 aromatic carbocycles. The molecule has 0 N–H and O–H groups in total. The van der Waals surface area contributed by atoms with E-state index in [1.807, 2.05) is 31.2 Å². The van der Waals surface area contributed by atoms with Gasteiger partial charge in [0.1, 0.15) is 5.92 Å². The van der Waals surface area contributed by atoms with Crippen LogP contribution in [0.1, 0.15) is 21.5 Å². The van der Waals surface area contributed by atoms with Crippen molar-refractivity contribution in [2.24, 2.45) is 5.92 Å². The monoisotopic (exact) mass is 290 g/mol. The Labute approximate surface area is 120 Å². The van der Waals surface area contributed by atoms with Crippen LogP contribution in [0.3, 0.4) is 0 Å². The van der Waals surface area contributed by atoms with E-state index in [1.165, 1.54) is 0 Å². The number of ketones is 1. The van der Waals surface area contributed by atoms with Crippen molar-refractivity contribution in [3.8, 4) is 11.1 Å². The minimum atomic E-state index is -4.49. The fourth-order valence-electron chi connectivity index (χ4n) is 2.79. The number of halogens is 3. The lowest BCUT2D eigenvalue weighted by Crippen LogP contribution is -2.28. The maximum atomic E-state index is 12.9. The molecule has 4 heteroatoms. The predicted molar refractivity (Wildman–Crippen MR) is 74.2 cm³/mol. The lowest BCUT2D eigenvalue weighted by atomic mass is 9.95. The van der Waals surface area contributed by atoms with Gasteiger partial charge in [0.2, 0.25) is 0 Å². The number of benzene rings is 2. The zero-order valence-corrected chi connectivity index (χ0v) is 11.4. The highest BCUT2D eigenvalue weighted by molar-refractivity contribution is 6.08. The SMILES string of the molecule is Cc1ccc(-c2cccc3c2C(=O)C(C(F)(F)F)C3)cc1. The first kappa shape index (κ1) is 13.9. The van der Waals surface area contributed by atoms with Gasteiger partial charge in [0.25, 0.3) is 0 Å². The summed E-state index contributed by atoms with van der Waals surface area (Å²) >= 11 is 0. The molecule has 1 nitrogen and oxygen atoms in total. The summed E-state index contributed by atoms with van der Waals surface area (Å²) in [6.07, 6.45) is -4.74. The molecule has 1 aliphatic carbocycles. The van der Waals surface area contributed by atoms with Crippen LogP contribution < -0.4 is 0 Å². The fourth-order valence-corrected chi connectivity index (χ4v) is 2.79. The maximum Gasteiger partial charge on any atom is 0.399 e. The maximum absolute atomic E-state index is 12.9. The average Bonchev–Trinajstić information content (AvgIpc) is 2.77. The Morgan fingerprint density at radius 2 is 1.71 bits per heavy atom. The topological polar surface area (TPSA) is 17.1 Å². The Morgan fingerprint density at radius 1 is 1.05 bits per heavy atom. The third kappa shape index (κ3) is 2.35. The lowest BCUT2D eigenvalue weighted by Gasteiger charge is -2.12. The summed E-state index contributed by atoms with van der Waals surface area (Å²) in [4.78, 5) is 12.2. The fraction of sp³-hybridized carbons (Fsp3) is 0.235. The van der Waals surface area contributed by atoms with Gasteiger partial charge >= 0.3 is 6.18 Å². The van der Waals surface area contributed by atoms with E-state index < -0.39 is 17.9 Å². The first-order valence-electron chi connectivity index (χ1n) is 6.68. The highest BCUT2D eigenvalue weighted by Crippen LogP contribution is 2.41. The number of aryl methyl sites for hydroxylation is 1. The van der Waals surface area contributed by atoms with Crippen molar-refractivity contribution >= 4 is 5.78 Å². The van der Waals surface area contributed by atoms with Gasteiger partial charge < -0.3 is 0 Å². The van der Waals surface area contributed by atoms with Gasteiger partial charge in [-0.2, -0.15) is 13.2 Å². The Morgan fingerprint density at radius 3 is 2.33 bits per heavy atom. The van der Waals surface area contributed by atoms with E-state index in [-0.39, 0.29) is 12.0 Å². The molecule has 108 valence electrons. The lowest BCUT2D eigenvalue weighted by molar-refractivity contribution is -0.158. The van der Waals surface area contributed by atoms with Crippen LogP contribution in [0.4, 0.5) is 13.2 Å². The van der Waals surface area contributed by atoms with Crippen LogP contribution >= 0.6 is 0 Å². The molecule has 0 amide bonds. The first-order valence-corrected chi connectivity index (χ1v) is 6.68. The Hall–Kier alpha value is -2.10. The quantitative estimate of drug-likeness (QED) is 0.751. The molecule has 0 saturated heterocycles. The standard InChI is InChI=1S/C17H13F3O/c1-10-5-7-11(8-6-10)13-4-2-3-12-9-14(17(18,19)20)16(21)15(12)13/h2-8,14H,9H2,1H3. The van der Waals surface area contributed by atoms with Crippen LogP contribution in [-0.4, -0.2) is 12.0 Å². The minimum absolute atomic E-state index is 0.226. The molecule has 0 aromatic heterocycles. The number of hydrogen-bond acceptors (Lipinski definition) is 1. The van der Waals surface area contributed by atoms with Crippen molar-refractivity contribution in [1.82, 2.24) is 0 Å². The van der Waals surface area contributed by atoms with Crippen molar-refractivity contribution in [1.29, 1.82) is 0 Å². The highest BCUT2D eigenvalue weighted by atomic mass is 19.4. The minimum Gasteiger partial charge on any atom is -0.293 e. The number of rotatable bonds is 1. The summed E-state index contributed by atoms with van der Waals surface area (Å²) in [5, 5.41) is 0. The van der Waals surface area contributed by atoms with Crippen molar-refractivity contribution < 1.29 is 18.0 Å². The normalized spacial score (nSPS) is 17.9. The smallest absolute Gasteiger partial charge is 0.293 e. The third-order valence-electron chi connectivity index (χ3n) is 3.90. The number of alkyl halides is 3. The van der Waals surface area contributed by atoms with E-state index in [2.05, 4.69) is 0 Å². The van der Waals surface area contributed by atoms with Gasteiger partial charge in [0.15, 0.2) is 5.78 Å². The van der Waals surface area contributed by atoms with Gasteiger partial charge in [-0.25, -0.2) is 0 Å². The van der Waals surface area contributed by atoms with Gasteiger partial charge in [0.05, 0.1) is 0 Å². The molecule has 1 aliphatic rings. The summed E-state index contributed by atoms with van der Waals surface area (Å²) in [7, 11) is 0. The van der Waals surface area contributed by atoms with Crippen molar-refractivity contribution in [3.05, 3.63) is 59.2 Å². The van der Waals surface area contributed by atoms with Crippen LogP contribution in [0.2, 0.25) is 0 Å². The third-order valence-corrected chi connectivity index (χ3v) is 3.90. The van der Waals surface area contributed by atoms with E-state index in [0.29, 0.717) is 11.1 Å². The molecular weight excluding hydrogens is 277 g/mol.